The average Bonchev–Trinajstić information content (AvgIpc) is 3.19. The van der Waals surface area contributed by atoms with E-state index < -0.39 is 0 Å². The molecule has 1 aliphatic rings. The van der Waals surface area contributed by atoms with Gasteiger partial charge in [0.15, 0.2) is 5.16 Å². The molecule has 2 aromatic heterocycles. The molecule has 0 spiro atoms. The topological polar surface area (TPSA) is 69.6 Å². The summed E-state index contributed by atoms with van der Waals surface area (Å²) in [7, 11) is 0. The van der Waals surface area contributed by atoms with Crippen LogP contribution in [0.4, 0.5) is 0 Å². The Labute approximate surface area is 148 Å². The molecule has 6 nitrogen and oxygen atoms in total. The van der Waals surface area contributed by atoms with Gasteiger partial charge in [0.2, 0.25) is 11.7 Å². The monoisotopic (exact) mass is 361 g/mol. The summed E-state index contributed by atoms with van der Waals surface area (Å²) < 4.78 is 7.52. The summed E-state index contributed by atoms with van der Waals surface area (Å²) in [5.74, 6) is 3.41. The van der Waals surface area contributed by atoms with Crippen LogP contribution < -0.4 is 0 Å². The molecule has 124 valence electrons. The second-order valence-electron chi connectivity index (χ2n) is 5.67. The van der Waals surface area contributed by atoms with Gasteiger partial charge in [-0.1, -0.05) is 28.5 Å². The lowest BCUT2D eigenvalue weighted by molar-refractivity contribution is 0.391. The Bertz CT molecular complexity index is 841. The van der Waals surface area contributed by atoms with Crippen molar-refractivity contribution >= 4 is 23.4 Å². The molecule has 0 radical (unpaired) electrons. The average molecular weight is 362 g/mol. The third kappa shape index (κ3) is 3.18. The first kappa shape index (κ1) is 15.7. The van der Waals surface area contributed by atoms with E-state index in [9.17, 15) is 0 Å². The van der Waals surface area contributed by atoms with Crippen LogP contribution in [0.3, 0.4) is 0 Å². The molecule has 0 bridgehead atoms. The maximum absolute atomic E-state index is 5.90. The van der Waals surface area contributed by atoms with Crippen LogP contribution in [0.25, 0.3) is 11.4 Å². The van der Waals surface area contributed by atoms with Crippen molar-refractivity contribution in [2.24, 2.45) is 0 Å². The molecule has 1 fully saturated rings. The van der Waals surface area contributed by atoms with E-state index in [4.69, 9.17) is 16.1 Å². The van der Waals surface area contributed by atoms with Gasteiger partial charge in [0, 0.05) is 23.0 Å². The number of benzene rings is 1. The Hall–Kier alpha value is -1.86. The van der Waals surface area contributed by atoms with Gasteiger partial charge in [-0.2, -0.15) is 4.98 Å². The molecular weight excluding hydrogens is 346 g/mol. The van der Waals surface area contributed by atoms with E-state index in [1.165, 1.54) is 12.8 Å². The van der Waals surface area contributed by atoms with Crippen LogP contribution in [0.15, 0.2) is 33.9 Å². The molecule has 1 aromatic carbocycles. The normalized spacial score (nSPS) is 14.2. The van der Waals surface area contributed by atoms with Gasteiger partial charge in [-0.05, 0) is 44.0 Å². The van der Waals surface area contributed by atoms with Crippen LogP contribution in [-0.4, -0.2) is 24.9 Å². The number of halogens is 1. The van der Waals surface area contributed by atoms with Gasteiger partial charge in [0.1, 0.15) is 5.82 Å². The highest BCUT2D eigenvalue weighted by Gasteiger charge is 2.30. The molecule has 0 unspecified atom stereocenters. The molecule has 4 rings (SSSR count). The first-order valence-corrected chi connectivity index (χ1v) is 9.25. The van der Waals surface area contributed by atoms with Crippen molar-refractivity contribution in [2.75, 3.05) is 0 Å². The van der Waals surface area contributed by atoms with Gasteiger partial charge in [-0.15, -0.1) is 10.2 Å². The highest BCUT2D eigenvalue weighted by atomic mass is 35.5. The molecule has 3 aromatic rings. The highest BCUT2D eigenvalue weighted by molar-refractivity contribution is 7.98. The van der Waals surface area contributed by atoms with Crippen molar-refractivity contribution in [1.82, 2.24) is 24.9 Å². The summed E-state index contributed by atoms with van der Waals surface area (Å²) in [5.41, 5.74) is 0.882. The van der Waals surface area contributed by atoms with Crippen molar-refractivity contribution < 1.29 is 4.52 Å². The van der Waals surface area contributed by atoms with Crippen molar-refractivity contribution in [2.45, 2.75) is 43.1 Å². The number of hydrogen-bond donors (Lipinski definition) is 0. The predicted octanol–water partition coefficient (Wildman–Crippen LogP) is 4.17. The van der Waals surface area contributed by atoms with Crippen molar-refractivity contribution in [3.63, 3.8) is 0 Å². The summed E-state index contributed by atoms with van der Waals surface area (Å²) in [6, 6.07) is 7.37. The zero-order valence-electron chi connectivity index (χ0n) is 13.1. The van der Waals surface area contributed by atoms with Crippen molar-refractivity contribution in [3.8, 4) is 11.4 Å². The van der Waals surface area contributed by atoms with Gasteiger partial charge in [0.05, 0.1) is 5.75 Å². The highest BCUT2D eigenvalue weighted by Crippen LogP contribution is 2.40. The quantitative estimate of drug-likeness (QED) is 0.613. The van der Waals surface area contributed by atoms with Crippen LogP contribution in [0, 0.1) is 0 Å². The van der Waals surface area contributed by atoms with E-state index in [1.54, 1.807) is 11.8 Å². The van der Waals surface area contributed by atoms with E-state index >= 15 is 0 Å². The minimum absolute atomic E-state index is 0.567. The van der Waals surface area contributed by atoms with E-state index in [-0.39, 0.29) is 0 Å². The largest absolute Gasteiger partial charge is 0.338 e. The minimum Gasteiger partial charge on any atom is -0.338 e. The SMILES string of the molecule is CCn1c(SCc2nc(-c3ccc(Cl)cc3)no2)nnc1C1CC1. The molecule has 0 N–H and O–H groups in total. The Morgan fingerprint density at radius 3 is 2.75 bits per heavy atom. The molecule has 2 heterocycles. The van der Waals surface area contributed by atoms with E-state index in [2.05, 4.69) is 31.8 Å². The van der Waals surface area contributed by atoms with Crippen LogP contribution >= 0.6 is 23.4 Å². The molecular formula is C16H16ClN5OS. The second-order valence-corrected chi connectivity index (χ2v) is 7.05. The fourth-order valence-electron chi connectivity index (χ4n) is 2.50. The fourth-order valence-corrected chi connectivity index (χ4v) is 3.48. The molecule has 1 aliphatic carbocycles. The number of hydrogen-bond acceptors (Lipinski definition) is 6. The first-order valence-electron chi connectivity index (χ1n) is 7.89. The van der Waals surface area contributed by atoms with Gasteiger partial charge in [-0.3, -0.25) is 0 Å². The molecule has 0 aliphatic heterocycles. The Balaban J connectivity index is 1.46. The van der Waals surface area contributed by atoms with Crippen molar-refractivity contribution in [1.29, 1.82) is 0 Å². The second kappa shape index (κ2) is 6.57. The van der Waals surface area contributed by atoms with E-state index in [0.29, 0.717) is 28.4 Å². The zero-order chi connectivity index (χ0) is 16.5. The van der Waals surface area contributed by atoms with Gasteiger partial charge < -0.3 is 9.09 Å². The van der Waals surface area contributed by atoms with Gasteiger partial charge in [0.25, 0.3) is 0 Å². The maximum atomic E-state index is 5.90. The third-order valence-electron chi connectivity index (χ3n) is 3.90. The molecule has 0 saturated heterocycles. The summed E-state index contributed by atoms with van der Waals surface area (Å²) in [6.45, 7) is 2.99. The molecule has 0 atom stereocenters. The van der Waals surface area contributed by atoms with Gasteiger partial charge in [-0.25, -0.2) is 0 Å². The number of nitrogens with zero attached hydrogens (tertiary/aromatic N) is 5. The fraction of sp³-hybridized carbons (Fsp3) is 0.375. The van der Waals surface area contributed by atoms with Crippen molar-refractivity contribution in [3.05, 3.63) is 41.0 Å². The lowest BCUT2D eigenvalue weighted by Gasteiger charge is -2.04. The molecule has 1 saturated carbocycles. The number of aromatic nitrogens is 5. The van der Waals surface area contributed by atoms with Crippen LogP contribution in [-0.2, 0) is 12.3 Å². The van der Waals surface area contributed by atoms with Crippen LogP contribution in [0.5, 0.6) is 0 Å². The summed E-state index contributed by atoms with van der Waals surface area (Å²) in [5, 5.41) is 14.3. The summed E-state index contributed by atoms with van der Waals surface area (Å²) >= 11 is 7.47. The lowest BCUT2D eigenvalue weighted by atomic mass is 10.2. The Morgan fingerprint density at radius 1 is 1.25 bits per heavy atom. The molecule has 24 heavy (non-hydrogen) atoms. The lowest BCUT2D eigenvalue weighted by Crippen LogP contribution is -2.02. The van der Waals surface area contributed by atoms with Crippen LogP contribution in [0.1, 0.15) is 37.4 Å². The summed E-state index contributed by atoms with van der Waals surface area (Å²) in [4.78, 5) is 4.44. The van der Waals surface area contributed by atoms with Gasteiger partial charge >= 0.3 is 0 Å². The van der Waals surface area contributed by atoms with Crippen LogP contribution in [0.2, 0.25) is 5.02 Å². The maximum Gasteiger partial charge on any atom is 0.237 e. The molecule has 0 amide bonds. The zero-order valence-corrected chi connectivity index (χ0v) is 14.7. The number of rotatable bonds is 6. The minimum atomic E-state index is 0.567. The van der Waals surface area contributed by atoms with E-state index in [0.717, 1.165) is 23.1 Å². The molecule has 8 heteroatoms. The Kier molecular flexibility index (Phi) is 4.28. The summed E-state index contributed by atoms with van der Waals surface area (Å²) in [6.07, 6.45) is 2.44. The predicted molar refractivity (Wildman–Crippen MR) is 92.0 cm³/mol. The third-order valence-corrected chi connectivity index (χ3v) is 5.10. The Morgan fingerprint density at radius 2 is 2.04 bits per heavy atom. The standard InChI is InChI=1S/C16H16ClN5OS/c1-2-22-15(11-3-4-11)19-20-16(22)24-9-13-18-14(21-23-13)10-5-7-12(17)8-6-10/h5-8,11H,2-4,9H2,1H3. The smallest absolute Gasteiger partial charge is 0.237 e. The first-order chi connectivity index (χ1) is 11.7. The van der Waals surface area contributed by atoms with E-state index in [1.807, 2.05) is 24.3 Å². The number of thioether (sulfide) groups is 1.